The number of hydrogen-bond donors (Lipinski definition) is 1. The van der Waals surface area contributed by atoms with Crippen LogP contribution in [-0.2, 0) is 16.0 Å². The van der Waals surface area contributed by atoms with E-state index < -0.39 is 12.1 Å². The fraction of sp³-hybridized carbons (Fsp3) is 0.364. The third-order valence-corrected chi connectivity index (χ3v) is 4.81. The van der Waals surface area contributed by atoms with E-state index in [9.17, 15) is 9.59 Å². The highest BCUT2D eigenvalue weighted by molar-refractivity contribution is 6.00. The number of rotatable bonds is 4. The summed E-state index contributed by atoms with van der Waals surface area (Å²) in [6.45, 7) is 8.41. The molecule has 0 spiro atoms. The fourth-order valence-electron chi connectivity index (χ4n) is 3.38. The Morgan fingerprint density at radius 2 is 1.62 bits per heavy atom. The number of anilines is 1. The Morgan fingerprint density at radius 1 is 1.00 bits per heavy atom. The highest BCUT2D eigenvalue weighted by Gasteiger charge is 2.31. The summed E-state index contributed by atoms with van der Waals surface area (Å²) < 4.78 is 5.40. The predicted molar refractivity (Wildman–Crippen MR) is 103 cm³/mol. The van der Waals surface area contributed by atoms with Gasteiger partial charge in [0.1, 0.15) is 0 Å². The first-order valence-electron chi connectivity index (χ1n) is 9.11. The monoisotopic (exact) mass is 351 g/mol. The van der Waals surface area contributed by atoms with Crippen LogP contribution < -0.4 is 5.32 Å². The van der Waals surface area contributed by atoms with Crippen molar-refractivity contribution in [2.75, 3.05) is 5.32 Å². The molecule has 1 aliphatic rings. The SMILES string of the molecule is CC(C)c1cccc(C(C)C)c1NC(=O)C1Cc2ccccc2C(=O)O1. The number of hydrogen-bond acceptors (Lipinski definition) is 3. The number of carbonyl (C=O) groups excluding carboxylic acids is 2. The van der Waals surface area contributed by atoms with Gasteiger partial charge in [0, 0.05) is 12.1 Å². The van der Waals surface area contributed by atoms with Gasteiger partial charge in [-0.05, 0) is 34.6 Å². The topological polar surface area (TPSA) is 55.4 Å². The normalized spacial score (nSPS) is 16.4. The average molecular weight is 351 g/mol. The molecule has 26 heavy (non-hydrogen) atoms. The summed E-state index contributed by atoms with van der Waals surface area (Å²) in [5, 5.41) is 3.05. The standard InChI is InChI=1S/C22H25NO3/c1-13(2)16-10-7-11-17(14(3)4)20(16)23-21(24)19-12-15-8-5-6-9-18(15)22(25)26-19/h5-11,13-14,19H,12H2,1-4H3,(H,23,24). The minimum Gasteiger partial charge on any atom is -0.448 e. The van der Waals surface area contributed by atoms with E-state index in [2.05, 4.69) is 33.0 Å². The van der Waals surface area contributed by atoms with Crippen molar-refractivity contribution in [3.05, 3.63) is 64.7 Å². The molecule has 1 heterocycles. The van der Waals surface area contributed by atoms with Gasteiger partial charge in [0.2, 0.25) is 0 Å². The molecule has 1 aliphatic heterocycles. The first-order chi connectivity index (χ1) is 12.4. The first kappa shape index (κ1) is 18.2. The molecule has 2 aromatic carbocycles. The second-order valence-electron chi connectivity index (χ2n) is 7.37. The smallest absolute Gasteiger partial charge is 0.339 e. The maximum absolute atomic E-state index is 12.9. The number of ether oxygens (including phenoxy) is 1. The quantitative estimate of drug-likeness (QED) is 0.816. The Bertz CT molecular complexity index is 813. The van der Waals surface area contributed by atoms with Crippen LogP contribution >= 0.6 is 0 Å². The van der Waals surface area contributed by atoms with Crippen molar-refractivity contribution >= 4 is 17.6 Å². The number of para-hydroxylation sites is 1. The maximum atomic E-state index is 12.9. The summed E-state index contributed by atoms with van der Waals surface area (Å²) in [4.78, 5) is 25.1. The Labute approximate surface area is 154 Å². The van der Waals surface area contributed by atoms with Crippen LogP contribution in [0.25, 0.3) is 0 Å². The average Bonchev–Trinajstić information content (AvgIpc) is 2.61. The van der Waals surface area contributed by atoms with E-state index in [0.717, 1.165) is 22.4 Å². The van der Waals surface area contributed by atoms with Gasteiger partial charge in [-0.3, -0.25) is 4.79 Å². The zero-order valence-electron chi connectivity index (χ0n) is 15.7. The lowest BCUT2D eigenvalue weighted by atomic mass is 9.92. The number of fused-ring (bicyclic) bond motifs is 1. The molecule has 0 fully saturated rings. The summed E-state index contributed by atoms with van der Waals surface area (Å²) in [7, 11) is 0. The first-order valence-corrected chi connectivity index (χ1v) is 9.11. The Hall–Kier alpha value is -2.62. The molecule has 0 radical (unpaired) electrons. The molecule has 4 heteroatoms. The molecule has 0 aromatic heterocycles. The van der Waals surface area contributed by atoms with Crippen LogP contribution in [0.5, 0.6) is 0 Å². The molecule has 1 amide bonds. The van der Waals surface area contributed by atoms with Gasteiger partial charge in [-0.15, -0.1) is 0 Å². The summed E-state index contributed by atoms with van der Waals surface area (Å²) in [6.07, 6.45) is -0.410. The van der Waals surface area contributed by atoms with Gasteiger partial charge < -0.3 is 10.1 Å². The van der Waals surface area contributed by atoms with Gasteiger partial charge in [0.15, 0.2) is 6.10 Å². The fourth-order valence-corrected chi connectivity index (χ4v) is 3.38. The van der Waals surface area contributed by atoms with Crippen molar-refractivity contribution in [1.29, 1.82) is 0 Å². The summed E-state index contributed by atoms with van der Waals surface area (Å²) in [5.41, 5.74) is 4.42. The molecule has 0 bridgehead atoms. The lowest BCUT2D eigenvalue weighted by molar-refractivity contribution is -0.125. The van der Waals surface area contributed by atoms with Gasteiger partial charge in [0.05, 0.1) is 5.56 Å². The molecule has 0 aliphatic carbocycles. The largest absolute Gasteiger partial charge is 0.448 e. The van der Waals surface area contributed by atoms with E-state index in [-0.39, 0.29) is 17.7 Å². The zero-order chi connectivity index (χ0) is 18.8. The third kappa shape index (κ3) is 3.50. The maximum Gasteiger partial charge on any atom is 0.339 e. The number of benzene rings is 2. The van der Waals surface area contributed by atoms with E-state index in [0.29, 0.717) is 12.0 Å². The van der Waals surface area contributed by atoms with E-state index >= 15 is 0 Å². The molecule has 1 atom stereocenters. The van der Waals surface area contributed by atoms with Crippen LogP contribution in [0.1, 0.15) is 66.6 Å². The Balaban J connectivity index is 1.88. The van der Waals surface area contributed by atoms with Crippen LogP contribution in [0, 0.1) is 0 Å². The summed E-state index contributed by atoms with van der Waals surface area (Å²) >= 11 is 0. The molecule has 4 nitrogen and oxygen atoms in total. The number of amides is 1. The zero-order valence-corrected chi connectivity index (χ0v) is 15.7. The molecule has 1 unspecified atom stereocenters. The highest BCUT2D eigenvalue weighted by atomic mass is 16.5. The highest BCUT2D eigenvalue weighted by Crippen LogP contribution is 2.33. The van der Waals surface area contributed by atoms with Gasteiger partial charge in [-0.25, -0.2) is 4.79 Å². The lowest BCUT2D eigenvalue weighted by Gasteiger charge is -2.26. The number of cyclic esters (lactones) is 1. The molecule has 0 saturated carbocycles. The molecule has 3 rings (SSSR count). The lowest BCUT2D eigenvalue weighted by Crippen LogP contribution is -2.38. The van der Waals surface area contributed by atoms with Crippen LogP contribution in [-0.4, -0.2) is 18.0 Å². The van der Waals surface area contributed by atoms with Crippen molar-refractivity contribution in [3.8, 4) is 0 Å². The number of esters is 1. The van der Waals surface area contributed by atoms with E-state index in [1.54, 1.807) is 12.1 Å². The van der Waals surface area contributed by atoms with Gasteiger partial charge in [0.25, 0.3) is 5.91 Å². The van der Waals surface area contributed by atoms with E-state index in [1.807, 2.05) is 30.3 Å². The minimum atomic E-state index is -0.808. The van der Waals surface area contributed by atoms with Crippen LogP contribution in [0.2, 0.25) is 0 Å². The van der Waals surface area contributed by atoms with Gasteiger partial charge >= 0.3 is 5.97 Å². The van der Waals surface area contributed by atoms with Crippen molar-refractivity contribution in [2.24, 2.45) is 0 Å². The van der Waals surface area contributed by atoms with E-state index in [4.69, 9.17) is 4.74 Å². The summed E-state index contributed by atoms with van der Waals surface area (Å²) in [5.74, 6) is -0.159. The van der Waals surface area contributed by atoms with Crippen LogP contribution in [0.4, 0.5) is 5.69 Å². The minimum absolute atomic E-state index is 0.275. The third-order valence-electron chi connectivity index (χ3n) is 4.81. The predicted octanol–water partition coefficient (Wildman–Crippen LogP) is 4.65. The van der Waals surface area contributed by atoms with Crippen molar-refractivity contribution in [2.45, 2.75) is 52.1 Å². The second kappa shape index (κ2) is 7.32. The van der Waals surface area contributed by atoms with Crippen molar-refractivity contribution in [1.82, 2.24) is 0 Å². The Kier molecular flexibility index (Phi) is 5.12. The molecule has 2 aromatic rings. The molecule has 1 N–H and O–H groups in total. The molecule has 136 valence electrons. The molecule has 0 saturated heterocycles. The number of nitrogens with one attached hydrogen (secondary N) is 1. The number of carbonyl (C=O) groups is 2. The molecular formula is C22H25NO3. The summed E-state index contributed by atoms with van der Waals surface area (Å²) in [6, 6.07) is 13.4. The van der Waals surface area contributed by atoms with Gasteiger partial charge in [-0.1, -0.05) is 64.1 Å². The molecular weight excluding hydrogens is 326 g/mol. The van der Waals surface area contributed by atoms with Crippen molar-refractivity contribution < 1.29 is 14.3 Å². The van der Waals surface area contributed by atoms with Crippen LogP contribution in [0.3, 0.4) is 0 Å². The van der Waals surface area contributed by atoms with Crippen LogP contribution in [0.15, 0.2) is 42.5 Å². The second-order valence-corrected chi connectivity index (χ2v) is 7.37. The van der Waals surface area contributed by atoms with Gasteiger partial charge in [-0.2, -0.15) is 0 Å². The Morgan fingerprint density at radius 3 is 2.23 bits per heavy atom. The van der Waals surface area contributed by atoms with E-state index in [1.165, 1.54) is 0 Å². The van der Waals surface area contributed by atoms with Crippen molar-refractivity contribution in [3.63, 3.8) is 0 Å².